The van der Waals surface area contributed by atoms with Gasteiger partial charge in [0.1, 0.15) is 16.5 Å². The van der Waals surface area contributed by atoms with E-state index in [4.69, 9.17) is 16.3 Å². The van der Waals surface area contributed by atoms with Crippen molar-refractivity contribution in [3.8, 4) is 5.75 Å². The fraction of sp³-hybridized carbons (Fsp3) is 0.0769. The van der Waals surface area contributed by atoms with Crippen LogP contribution in [-0.2, 0) is 9.59 Å². The van der Waals surface area contributed by atoms with Crippen molar-refractivity contribution < 1.29 is 23.9 Å². The molecular formula is C26H19ClN2O5. The highest BCUT2D eigenvalue weighted by molar-refractivity contribution is 6.53. The molecule has 3 aromatic rings. The van der Waals surface area contributed by atoms with Gasteiger partial charge >= 0.3 is 5.97 Å². The first-order valence-corrected chi connectivity index (χ1v) is 10.7. The van der Waals surface area contributed by atoms with Crippen LogP contribution in [0.15, 0.2) is 83.5 Å². The molecule has 8 heteroatoms. The number of ketones is 1. The summed E-state index contributed by atoms with van der Waals surface area (Å²) in [6.45, 7) is 3.25. The number of rotatable bonds is 6. The monoisotopic (exact) mass is 474 g/mol. The maximum absolute atomic E-state index is 12.9. The Hall–Kier alpha value is -4.23. The lowest BCUT2D eigenvalue weighted by Crippen LogP contribution is -2.32. The molecule has 170 valence electrons. The Bertz CT molecular complexity index is 1340. The number of aryl methyl sites for hydroxylation is 1. The Kier molecular flexibility index (Phi) is 6.30. The van der Waals surface area contributed by atoms with Gasteiger partial charge in [-0.05, 0) is 74.0 Å². The Balaban J connectivity index is 1.46. The first-order valence-electron chi connectivity index (χ1n) is 10.3. The van der Waals surface area contributed by atoms with E-state index in [0.717, 1.165) is 10.5 Å². The number of ether oxygens (including phenoxy) is 1. The van der Waals surface area contributed by atoms with Gasteiger partial charge in [0.15, 0.2) is 5.78 Å². The van der Waals surface area contributed by atoms with Crippen molar-refractivity contribution in [2.75, 3.05) is 10.2 Å². The minimum atomic E-state index is -0.612. The normalized spacial score (nSPS) is 13.3. The van der Waals surface area contributed by atoms with Crippen molar-refractivity contribution in [3.63, 3.8) is 0 Å². The molecule has 0 atom stereocenters. The van der Waals surface area contributed by atoms with Crippen LogP contribution in [0, 0.1) is 6.92 Å². The molecule has 1 heterocycles. The summed E-state index contributed by atoms with van der Waals surface area (Å²) in [5.74, 6) is -1.54. The second-order valence-electron chi connectivity index (χ2n) is 7.59. The van der Waals surface area contributed by atoms with Crippen LogP contribution >= 0.6 is 11.6 Å². The van der Waals surface area contributed by atoms with Crippen LogP contribution in [-0.4, -0.2) is 23.6 Å². The molecule has 0 saturated carbocycles. The molecule has 0 bridgehead atoms. The third kappa shape index (κ3) is 4.46. The van der Waals surface area contributed by atoms with Crippen LogP contribution in [0.3, 0.4) is 0 Å². The molecule has 0 saturated heterocycles. The summed E-state index contributed by atoms with van der Waals surface area (Å²) >= 11 is 6.18. The lowest BCUT2D eigenvalue weighted by Gasteiger charge is -2.17. The molecule has 1 aliphatic rings. The molecule has 0 aromatic heterocycles. The molecule has 0 spiro atoms. The van der Waals surface area contributed by atoms with E-state index in [1.54, 1.807) is 61.5 Å². The van der Waals surface area contributed by atoms with Crippen molar-refractivity contribution in [1.82, 2.24) is 0 Å². The van der Waals surface area contributed by atoms with E-state index in [2.05, 4.69) is 5.32 Å². The van der Waals surface area contributed by atoms with Crippen LogP contribution < -0.4 is 15.0 Å². The number of amides is 2. The van der Waals surface area contributed by atoms with E-state index >= 15 is 0 Å². The lowest BCUT2D eigenvalue weighted by molar-refractivity contribution is -0.120. The summed E-state index contributed by atoms with van der Waals surface area (Å²) in [6, 6.07) is 19.4. The minimum absolute atomic E-state index is 0.0455. The van der Waals surface area contributed by atoms with Crippen molar-refractivity contribution >= 4 is 46.5 Å². The first-order chi connectivity index (χ1) is 16.3. The molecular weight excluding hydrogens is 456 g/mol. The molecule has 34 heavy (non-hydrogen) atoms. The number of nitrogens with zero attached hydrogens (tertiary/aromatic N) is 1. The summed E-state index contributed by atoms with van der Waals surface area (Å²) in [5.41, 5.74) is 2.43. The number of hydrogen-bond donors (Lipinski definition) is 1. The molecule has 0 radical (unpaired) electrons. The number of benzene rings is 3. The molecule has 7 nitrogen and oxygen atoms in total. The van der Waals surface area contributed by atoms with Gasteiger partial charge < -0.3 is 10.1 Å². The maximum atomic E-state index is 12.9. The predicted molar refractivity (Wildman–Crippen MR) is 128 cm³/mol. The van der Waals surface area contributed by atoms with Crippen LogP contribution in [0.2, 0.25) is 0 Å². The number of para-hydroxylation sites is 1. The molecule has 0 aliphatic carbocycles. The van der Waals surface area contributed by atoms with Crippen LogP contribution in [0.5, 0.6) is 5.75 Å². The number of nitrogens with one attached hydrogen (secondary N) is 1. The van der Waals surface area contributed by atoms with Crippen molar-refractivity contribution in [2.24, 2.45) is 0 Å². The third-order valence-corrected chi connectivity index (χ3v) is 5.60. The highest BCUT2D eigenvalue weighted by Crippen LogP contribution is 2.31. The van der Waals surface area contributed by atoms with E-state index in [0.29, 0.717) is 22.7 Å². The van der Waals surface area contributed by atoms with Gasteiger partial charge in [-0.25, -0.2) is 9.69 Å². The highest BCUT2D eigenvalue weighted by atomic mass is 35.5. The van der Waals surface area contributed by atoms with E-state index in [1.165, 1.54) is 19.1 Å². The zero-order valence-electron chi connectivity index (χ0n) is 18.3. The van der Waals surface area contributed by atoms with Gasteiger partial charge in [0.2, 0.25) is 0 Å². The van der Waals surface area contributed by atoms with Gasteiger partial charge in [0, 0.05) is 11.3 Å². The summed E-state index contributed by atoms with van der Waals surface area (Å²) in [5, 5.41) is 2.66. The number of halogens is 1. The van der Waals surface area contributed by atoms with Crippen molar-refractivity contribution in [1.29, 1.82) is 0 Å². The van der Waals surface area contributed by atoms with Gasteiger partial charge in [-0.1, -0.05) is 29.8 Å². The van der Waals surface area contributed by atoms with E-state index < -0.39 is 17.8 Å². The van der Waals surface area contributed by atoms with E-state index in [9.17, 15) is 19.2 Å². The summed E-state index contributed by atoms with van der Waals surface area (Å²) < 4.78 is 5.32. The highest BCUT2D eigenvalue weighted by Gasteiger charge is 2.39. The van der Waals surface area contributed by atoms with Gasteiger partial charge in [-0.2, -0.15) is 0 Å². The van der Waals surface area contributed by atoms with Gasteiger partial charge in [0.25, 0.3) is 11.8 Å². The van der Waals surface area contributed by atoms with Crippen molar-refractivity contribution in [3.05, 3.63) is 100 Å². The largest absolute Gasteiger partial charge is 0.423 e. The number of hydrogen-bond acceptors (Lipinski definition) is 6. The molecule has 0 fully saturated rings. The lowest BCUT2D eigenvalue weighted by atomic mass is 10.1. The van der Waals surface area contributed by atoms with Crippen LogP contribution in [0.4, 0.5) is 11.4 Å². The summed E-state index contributed by atoms with van der Waals surface area (Å²) in [4.78, 5) is 50.4. The molecule has 3 aromatic carbocycles. The SMILES string of the molecule is CC(=O)c1ccc(OC(=O)c2ccc(NC3=C(Cl)C(=O)N(c4ccccc4C)C3=O)cc2)cc1. The fourth-order valence-corrected chi connectivity index (χ4v) is 3.61. The van der Waals surface area contributed by atoms with Crippen LogP contribution in [0.1, 0.15) is 33.2 Å². The quantitative estimate of drug-likeness (QED) is 0.237. The van der Waals surface area contributed by atoms with Gasteiger partial charge in [0.05, 0.1) is 11.3 Å². The Morgan fingerprint density at radius 2 is 1.47 bits per heavy atom. The standard InChI is InChI=1S/C26H19ClN2O5/c1-15-5-3-4-6-21(15)29-24(31)22(27)23(25(29)32)28-19-11-7-18(8-12-19)26(33)34-20-13-9-17(10-14-20)16(2)30/h3-14,28H,1-2H3. The zero-order valence-corrected chi connectivity index (χ0v) is 19.1. The smallest absolute Gasteiger partial charge is 0.343 e. The van der Waals surface area contributed by atoms with E-state index in [1.807, 2.05) is 6.07 Å². The van der Waals surface area contributed by atoms with Gasteiger partial charge in [-0.15, -0.1) is 0 Å². The molecule has 4 rings (SSSR count). The predicted octanol–water partition coefficient (Wildman–Crippen LogP) is 4.85. The third-order valence-electron chi connectivity index (χ3n) is 5.24. The number of Topliss-reactive ketones (excluding diaryl/α,β-unsaturated/α-hetero) is 1. The number of esters is 1. The maximum Gasteiger partial charge on any atom is 0.343 e. The molecule has 1 N–H and O–H groups in total. The van der Waals surface area contributed by atoms with E-state index in [-0.39, 0.29) is 22.1 Å². The van der Waals surface area contributed by atoms with Gasteiger partial charge in [-0.3, -0.25) is 14.4 Å². The summed E-state index contributed by atoms with van der Waals surface area (Å²) in [6.07, 6.45) is 0. The Morgan fingerprint density at radius 3 is 2.09 bits per heavy atom. The number of carbonyl (C=O) groups is 4. The molecule has 0 unspecified atom stereocenters. The average molecular weight is 475 g/mol. The second-order valence-corrected chi connectivity index (χ2v) is 7.97. The summed E-state index contributed by atoms with van der Waals surface area (Å²) in [7, 11) is 0. The Labute approximate surface area is 200 Å². The first kappa shape index (κ1) is 22.9. The van der Waals surface area contributed by atoms with Crippen LogP contribution in [0.25, 0.3) is 0 Å². The Morgan fingerprint density at radius 1 is 0.853 bits per heavy atom. The van der Waals surface area contributed by atoms with Crippen molar-refractivity contribution in [2.45, 2.75) is 13.8 Å². The average Bonchev–Trinajstić information content (AvgIpc) is 3.03. The minimum Gasteiger partial charge on any atom is -0.423 e. The number of imide groups is 1. The number of carbonyl (C=O) groups excluding carboxylic acids is 4. The second kappa shape index (κ2) is 9.33. The molecule has 2 amide bonds. The topological polar surface area (TPSA) is 92.8 Å². The molecule has 1 aliphatic heterocycles. The fourth-order valence-electron chi connectivity index (χ4n) is 3.40. The zero-order chi connectivity index (χ0) is 24.4. The number of anilines is 2.